The Kier molecular flexibility index (Phi) is 57.5. The molecule has 24 heteroatoms. The number of carbonyl (C=O) groups is 5. The van der Waals surface area contributed by atoms with Crippen molar-refractivity contribution in [3.63, 3.8) is 0 Å². The Bertz CT molecular complexity index is 3510. The van der Waals surface area contributed by atoms with Crippen LogP contribution in [-0.2, 0) is 24.0 Å². The van der Waals surface area contributed by atoms with E-state index in [0.29, 0.717) is 78.8 Å². The van der Waals surface area contributed by atoms with Crippen LogP contribution in [0.25, 0.3) is 0 Å². The first-order valence-corrected chi connectivity index (χ1v) is 43.8. The molecule has 0 spiro atoms. The van der Waals surface area contributed by atoms with Crippen LogP contribution in [0.5, 0.6) is 0 Å². The van der Waals surface area contributed by atoms with E-state index >= 15 is 0 Å². The standard InChI is InChI=1S/C33H53N3O6.C31H45N3O5.C30H53N3O4.4H2/c1-4-25(17-18-31(39)40)11-7-13-27(20-26-12-8-14-28(21-26)23-37)22-30(32(41)42)36-33(34)35-19-9-16-29(38)15-6-5-10-24(2)3;1-3-10-23(13-9-16-24(4-2)25-14-7-8-15-25)21-27(30(38)39)34-31(32)33-20-19-26(29(36)37)28(35)18-17-22-11-5-6-12-22;1-4-6-8-10-14-25(20-24-15-12-13-23(3)19-24)21-27(29(36)37)33-30(31)32-18-17-26(22-34)28(35)16-11-9-7-5-2;;;;/h5-7,9,13,16-18,22,24-26,28-30,37-38H,4,8,10-12,14-15,19-21,23H2,1-3H3,(H,39,40)(H,41,42)(H3,34,35,36);9,13-14,19,21-22,24,27-28,35H,4-8,11-12,15-18,20H2,1-2H3,(H,36,37)(H,38,39)(H3,32,33,34);10,14,17,21,23-24,27-28,34-35H,4-9,11-13,15-16,18-20,22H2,1-3H3,(H,36,37)(H3,31,32,33);4*1H/b6-5+,13-7+,16-9+,18-17-,27-22+;13-9+,23-21+,26-19-;14-10?,25-21+,26-17+;;;;. The molecule has 19 N–H and O–H groups in total. The first kappa shape index (κ1) is 105. The Morgan fingerprint density at radius 2 is 1.14 bits per heavy atom. The second kappa shape index (κ2) is 64.3. The van der Waals surface area contributed by atoms with Crippen molar-refractivity contribution in [2.75, 3.05) is 32.8 Å². The van der Waals surface area contributed by atoms with E-state index in [4.69, 9.17) is 22.3 Å². The minimum absolute atomic E-state index is 0. The minimum Gasteiger partial charge on any atom is -0.479 e. The predicted molar refractivity (Wildman–Crippen MR) is 486 cm³/mol. The lowest BCUT2D eigenvalue weighted by Crippen LogP contribution is -2.43. The lowest BCUT2D eigenvalue weighted by atomic mass is 9.78. The van der Waals surface area contributed by atoms with Crippen molar-refractivity contribution in [2.24, 2.45) is 79.5 Å². The third kappa shape index (κ3) is 49.7. The lowest BCUT2D eigenvalue weighted by Gasteiger charge is -2.28. The van der Waals surface area contributed by atoms with Crippen LogP contribution in [0.3, 0.4) is 0 Å². The summed E-state index contributed by atoms with van der Waals surface area (Å²) >= 11 is 0. The number of nitrogens with two attached hydrogens (primary N) is 3. The van der Waals surface area contributed by atoms with E-state index in [0.717, 1.165) is 152 Å². The van der Waals surface area contributed by atoms with Crippen molar-refractivity contribution in [1.29, 1.82) is 0 Å². The molecule has 0 amide bonds. The van der Waals surface area contributed by atoms with Crippen LogP contribution in [-0.4, -0.2) is 168 Å². The number of unbranched alkanes of at least 4 members (excludes halogenated alkanes) is 5. The highest BCUT2D eigenvalue weighted by Gasteiger charge is 2.27. The van der Waals surface area contributed by atoms with Crippen LogP contribution in [0, 0.1) is 59.2 Å². The van der Waals surface area contributed by atoms with Gasteiger partial charge in [-0.1, -0.05) is 235 Å². The first-order valence-electron chi connectivity index (χ1n) is 43.8. The zero-order valence-electron chi connectivity index (χ0n) is 72.4. The number of allylic oxidation sites excluding steroid dienone is 13. The molecule has 0 radical (unpaired) electrons. The van der Waals surface area contributed by atoms with Gasteiger partial charge in [0.2, 0.25) is 0 Å². The number of hydrogen-bond donors (Lipinski definition) is 16. The maximum Gasteiger partial charge on any atom is 0.333 e. The van der Waals surface area contributed by atoms with Gasteiger partial charge in [-0.25, -0.2) is 38.9 Å². The molecule has 4 rings (SSSR count). The Morgan fingerprint density at radius 1 is 0.576 bits per heavy atom. The lowest BCUT2D eigenvalue weighted by molar-refractivity contribution is -0.138. The molecule has 0 aromatic heterocycles. The van der Waals surface area contributed by atoms with Gasteiger partial charge in [0.1, 0.15) is 18.1 Å². The van der Waals surface area contributed by atoms with Crippen molar-refractivity contribution in [1.82, 2.24) is 16.0 Å². The molecule has 118 heavy (non-hydrogen) atoms. The van der Waals surface area contributed by atoms with Crippen LogP contribution in [0.15, 0.2) is 158 Å². The van der Waals surface area contributed by atoms with E-state index in [1.54, 1.807) is 43.4 Å². The normalized spacial score (nSPS) is 20.6. The highest BCUT2D eigenvalue weighted by molar-refractivity contribution is 5.89. The van der Waals surface area contributed by atoms with Crippen LogP contribution in [0.1, 0.15) is 273 Å². The van der Waals surface area contributed by atoms with Crippen LogP contribution in [0.2, 0.25) is 0 Å². The van der Waals surface area contributed by atoms with Crippen molar-refractivity contribution < 1.29 is 80.7 Å². The minimum atomic E-state index is -1.20. The van der Waals surface area contributed by atoms with Gasteiger partial charge in [-0.2, -0.15) is 0 Å². The number of aliphatic hydroxyl groups is 5. The number of aliphatic carboxylic acids is 5. The average molecular weight is 1660 g/mol. The summed E-state index contributed by atoms with van der Waals surface area (Å²) in [6.45, 7) is 16.9. The number of carboxylic acids is 5. The topological polar surface area (TPSA) is 439 Å². The Balaban J connectivity index is -0.00000172. The summed E-state index contributed by atoms with van der Waals surface area (Å²) in [5.41, 5.74) is 22.3. The molecule has 4 aliphatic carbocycles. The van der Waals surface area contributed by atoms with Gasteiger partial charge >= 0.3 is 29.8 Å². The molecule has 0 bridgehead atoms. The van der Waals surface area contributed by atoms with Crippen molar-refractivity contribution in [3.8, 4) is 11.8 Å². The van der Waals surface area contributed by atoms with Crippen molar-refractivity contribution in [3.05, 3.63) is 143 Å². The zero-order chi connectivity index (χ0) is 87.4. The van der Waals surface area contributed by atoms with Crippen molar-refractivity contribution in [2.45, 2.75) is 304 Å². The number of guanidine groups is 3. The molecule has 0 heterocycles. The third-order valence-electron chi connectivity index (χ3n) is 21.9. The summed E-state index contributed by atoms with van der Waals surface area (Å²) in [7, 11) is 0. The van der Waals surface area contributed by atoms with E-state index in [1.165, 1.54) is 62.7 Å². The molecule has 0 aromatic rings. The third-order valence-corrected chi connectivity index (χ3v) is 21.9. The highest BCUT2D eigenvalue weighted by atomic mass is 16.4. The maximum atomic E-state index is 12.1. The Labute approximate surface area is 711 Å². The van der Waals surface area contributed by atoms with Gasteiger partial charge in [0, 0.05) is 24.0 Å². The highest BCUT2D eigenvalue weighted by Crippen LogP contribution is 2.36. The molecule has 3 saturated carbocycles. The molecule has 12 unspecified atom stereocenters. The van der Waals surface area contributed by atoms with Gasteiger partial charge in [0.05, 0.1) is 50.1 Å². The number of rotatable bonds is 52. The van der Waals surface area contributed by atoms with E-state index in [1.807, 2.05) is 37.3 Å². The number of aliphatic hydroxyl groups excluding tert-OH is 5. The molecule has 3 fully saturated rings. The summed E-state index contributed by atoms with van der Waals surface area (Å²) < 4.78 is 0. The molecule has 24 nitrogen and oxygen atoms in total. The van der Waals surface area contributed by atoms with Crippen LogP contribution >= 0.6 is 0 Å². The zero-order valence-corrected chi connectivity index (χ0v) is 72.4. The molecular formula is C94H159N9O15. The second-order valence-corrected chi connectivity index (χ2v) is 32.5. The SMILES string of the molecule is CC#CC(=C\C(NC(N)=NC/C=C(\C(=O)O)C(O)CCC1CCCC1)C(=O)O)/C=C/CC(CC)C1=CCCC1.CCC(/C=C\C(=O)O)C/C=C/C(=C\C(NC(N)=NC/C=C/C(O)C/C=C/CC(C)C)C(=O)O)CC1CCCC(CO)C1.CCCCC=C/C(=C\C(NC(N)=NC/C=C(\CO)C(O)CCCCCC)C(=O)O)CC1CCCC(C)C1.[HH].[HH].[HH].[HH]. The fraction of sp³-hybridized carbons (Fsp3) is 0.638. The largest absolute Gasteiger partial charge is 0.479 e. The molecule has 0 aromatic carbocycles. The smallest absolute Gasteiger partial charge is 0.333 e. The predicted octanol–water partition coefficient (Wildman–Crippen LogP) is 16.2. The maximum absolute atomic E-state index is 12.1. The molecular weight excluding hydrogens is 1500 g/mol. The number of hydrogen-bond acceptors (Lipinski definition) is 13. The Hall–Kier alpha value is -8.60. The number of carboxylic acid groups (broad SMARTS) is 5. The summed E-state index contributed by atoms with van der Waals surface area (Å²) in [4.78, 5) is 71.1. The molecule has 4 aliphatic rings. The van der Waals surface area contributed by atoms with E-state index in [2.05, 4.69) is 109 Å². The second-order valence-electron chi connectivity index (χ2n) is 32.5. The van der Waals surface area contributed by atoms with Crippen LogP contribution in [0.4, 0.5) is 0 Å². The van der Waals surface area contributed by atoms with E-state index in [-0.39, 0.29) is 73.8 Å². The molecule has 670 valence electrons. The summed E-state index contributed by atoms with van der Waals surface area (Å²) in [6, 6.07) is -3.25. The van der Waals surface area contributed by atoms with Crippen LogP contribution < -0.4 is 33.2 Å². The first-order chi connectivity index (χ1) is 56.6. The number of nitrogens with zero attached hydrogens (tertiary/aromatic N) is 3. The summed E-state index contributed by atoms with van der Waals surface area (Å²) in [5, 5.41) is 106. The summed E-state index contributed by atoms with van der Waals surface area (Å²) in [5.74, 6) is 3.73. The molecule has 0 saturated heterocycles. The van der Waals surface area contributed by atoms with E-state index < -0.39 is 66.3 Å². The van der Waals surface area contributed by atoms with Gasteiger partial charge in [0.25, 0.3) is 0 Å². The molecule has 12 atom stereocenters. The fourth-order valence-corrected chi connectivity index (χ4v) is 15.2. The average Bonchev–Trinajstić information content (AvgIpc) is 1.13. The van der Waals surface area contributed by atoms with Gasteiger partial charge in [-0.05, 0) is 211 Å². The Morgan fingerprint density at radius 3 is 1.69 bits per heavy atom. The summed E-state index contributed by atoms with van der Waals surface area (Å²) in [6.07, 6.45) is 62.5. The fourth-order valence-electron chi connectivity index (χ4n) is 15.2. The number of aliphatic imine (C=N–C) groups is 3. The van der Waals surface area contributed by atoms with E-state index in [9.17, 15) is 69.9 Å². The van der Waals surface area contributed by atoms with Gasteiger partial charge in [0.15, 0.2) is 17.9 Å². The quantitative estimate of drug-likeness (QED) is 0.00511. The van der Waals surface area contributed by atoms with Crippen molar-refractivity contribution >= 4 is 47.7 Å². The van der Waals surface area contributed by atoms with Gasteiger partial charge in [-0.15, -0.1) is 5.92 Å². The number of nitrogens with one attached hydrogen (secondary N) is 3. The van der Waals surface area contributed by atoms with Gasteiger partial charge < -0.3 is 84.2 Å². The monoisotopic (exact) mass is 1650 g/mol. The van der Waals surface area contributed by atoms with Gasteiger partial charge in [-0.3, -0.25) is 0 Å². The molecule has 0 aliphatic heterocycles.